The smallest absolute Gasteiger partial charge is 0.314 e. The highest BCUT2D eigenvalue weighted by molar-refractivity contribution is 5.73. The van der Waals surface area contributed by atoms with Gasteiger partial charge in [0.2, 0.25) is 0 Å². The predicted molar refractivity (Wildman–Crippen MR) is 75.6 cm³/mol. The second-order valence-corrected chi connectivity index (χ2v) is 5.84. The van der Waals surface area contributed by atoms with Gasteiger partial charge in [0.05, 0.1) is 0 Å². The lowest BCUT2D eigenvalue weighted by Gasteiger charge is -2.17. The van der Waals surface area contributed by atoms with Gasteiger partial charge >= 0.3 is 12.0 Å². The maximum atomic E-state index is 11.7. The topological polar surface area (TPSA) is 87.7 Å². The first-order valence-corrected chi connectivity index (χ1v) is 7.20. The zero-order valence-electron chi connectivity index (χ0n) is 12.4. The summed E-state index contributed by atoms with van der Waals surface area (Å²) in [5.41, 5.74) is 0.238. The fourth-order valence-corrected chi connectivity index (χ4v) is 2.08. The molecule has 1 atom stereocenters. The van der Waals surface area contributed by atoms with Crippen molar-refractivity contribution in [1.29, 1.82) is 0 Å². The van der Waals surface area contributed by atoms with E-state index < -0.39 is 5.97 Å². The molecule has 0 aliphatic heterocycles. The Morgan fingerprint density at radius 3 is 2.60 bits per heavy atom. The van der Waals surface area contributed by atoms with Crippen molar-refractivity contribution in [3.05, 3.63) is 0 Å². The molecule has 0 bridgehead atoms. The van der Waals surface area contributed by atoms with Crippen molar-refractivity contribution in [2.45, 2.75) is 39.0 Å². The number of carboxylic acid groups (broad SMARTS) is 1. The minimum Gasteiger partial charge on any atom is -0.481 e. The number of urea groups is 1. The number of aliphatic carboxylic acids is 1. The number of hydrogen-bond donors (Lipinski definition) is 3. The van der Waals surface area contributed by atoms with Crippen molar-refractivity contribution < 1.29 is 19.4 Å². The number of rotatable bonds is 10. The van der Waals surface area contributed by atoms with E-state index in [9.17, 15) is 9.59 Å². The normalized spacial score (nSPS) is 17.3. The van der Waals surface area contributed by atoms with E-state index >= 15 is 0 Å². The van der Waals surface area contributed by atoms with Gasteiger partial charge in [0.1, 0.15) is 0 Å². The molecule has 0 aromatic rings. The number of carbonyl (C=O) groups excluding carboxylic acids is 1. The van der Waals surface area contributed by atoms with E-state index in [0.29, 0.717) is 19.5 Å². The molecule has 1 fully saturated rings. The van der Waals surface area contributed by atoms with E-state index in [2.05, 4.69) is 10.6 Å². The van der Waals surface area contributed by atoms with Gasteiger partial charge in [0.25, 0.3) is 0 Å². The summed E-state index contributed by atoms with van der Waals surface area (Å²) >= 11 is 0. The molecule has 1 rings (SSSR count). The molecule has 0 saturated heterocycles. The van der Waals surface area contributed by atoms with E-state index in [1.807, 2.05) is 6.92 Å². The highest BCUT2D eigenvalue weighted by atomic mass is 16.5. The standard InChI is InChI=1S/C14H26N2O4/c1-11(3-4-12(17)18)9-15-13(19)16-10-14(5-6-14)7-8-20-2/h11H,3-10H2,1-2H3,(H,17,18)(H2,15,16,19). The Hall–Kier alpha value is -1.30. The first-order chi connectivity index (χ1) is 9.47. The number of nitrogens with one attached hydrogen (secondary N) is 2. The van der Waals surface area contributed by atoms with E-state index in [1.54, 1.807) is 7.11 Å². The van der Waals surface area contributed by atoms with Crippen molar-refractivity contribution in [3.8, 4) is 0 Å². The minimum atomic E-state index is -0.796. The average Bonchev–Trinajstić information content (AvgIpc) is 3.19. The molecule has 2 amide bonds. The molecule has 116 valence electrons. The van der Waals surface area contributed by atoms with Gasteiger partial charge in [-0.3, -0.25) is 4.79 Å². The fourth-order valence-electron chi connectivity index (χ4n) is 2.08. The number of ether oxygens (including phenoxy) is 1. The van der Waals surface area contributed by atoms with Crippen molar-refractivity contribution in [1.82, 2.24) is 10.6 Å². The second-order valence-electron chi connectivity index (χ2n) is 5.84. The van der Waals surface area contributed by atoms with Gasteiger partial charge in [-0.1, -0.05) is 6.92 Å². The molecule has 1 unspecified atom stereocenters. The van der Waals surface area contributed by atoms with Gasteiger partial charge in [-0.05, 0) is 37.0 Å². The Kier molecular flexibility index (Phi) is 6.78. The van der Waals surface area contributed by atoms with Crippen LogP contribution in [0.5, 0.6) is 0 Å². The van der Waals surface area contributed by atoms with Crippen LogP contribution in [-0.4, -0.2) is 43.9 Å². The third-order valence-corrected chi connectivity index (χ3v) is 3.88. The van der Waals surface area contributed by atoms with Gasteiger partial charge < -0.3 is 20.5 Å². The monoisotopic (exact) mass is 286 g/mol. The largest absolute Gasteiger partial charge is 0.481 e. The Bertz CT molecular complexity index is 329. The van der Waals surface area contributed by atoms with E-state index in [0.717, 1.165) is 25.9 Å². The molecule has 6 heteroatoms. The quantitative estimate of drug-likeness (QED) is 0.569. The molecule has 1 saturated carbocycles. The molecule has 0 aromatic heterocycles. The fraction of sp³-hybridized carbons (Fsp3) is 0.857. The molecule has 20 heavy (non-hydrogen) atoms. The molecule has 0 heterocycles. The van der Waals surface area contributed by atoms with E-state index in [-0.39, 0.29) is 23.8 Å². The molecule has 0 spiro atoms. The molecular weight excluding hydrogens is 260 g/mol. The zero-order chi connectivity index (χ0) is 15.0. The van der Waals surface area contributed by atoms with Crippen molar-refractivity contribution in [2.75, 3.05) is 26.8 Å². The van der Waals surface area contributed by atoms with Crippen LogP contribution in [0.15, 0.2) is 0 Å². The van der Waals surface area contributed by atoms with Crippen LogP contribution in [0, 0.1) is 11.3 Å². The third kappa shape index (κ3) is 6.75. The Morgan fingerprint density at radius 1 is 1.35 bits per heavy atom. The lowest BCUT2D eigenvalue weighted by Crippen LogP contribution is -2.40. The van der Waals surface area contributed by atoms with Crippen molar-refractivity contribution >= 4 is 12.0 Å². The van der Waals surface area contributed by atoms with E-state index in [1.165, 1.54) is 0 Å². The van der Waals surface area contributed by atoms with Crippen LogP contribution < -0.4 is 10.6 Å². The van der Waals surface area contributed by atoms with Gasteiger partial charge in [0.15, 0.2) is 0 Å². The number of hydrogen-bond acceptors (Lipinski definition) is 3. The van der Waals surface area contributed by atoms with E-state index in [4.69, 9.17) is 9.84 Å². The molecule has 1 aliphatic rings. The average molecular weight is 286 g/mol. The van der Waals surface area contributed by atoms with Crippen molar-refractivity contribution in [2.24, 2.45) is 11.3 Å². The number of amides is 2. The summed E-state index contributed by atoms with van der Waals surface area (Å²) in [4.78, 5) is 22.1. The van der Waals surface area contributed by atoms with Gasteiger partial charge in [-0.2, -0.15) is 0 Å². The Balaban J connectivity index is 2.10. The van der Waals surface area contributed by atoms with Gasteiger partial charge in [-0.15, -0.1) is 0 Å². The first kappa shape index (κ1) is 16.8. The summed E-state index contributed by atoms with van der Waals surface area (Å²) in [7, 11) is 1.69. The summed E-state index contributed by atoms with van der Waals surface area (Å²) < 4.78 is 5.07. The summed E-state index contributed by atoms with van der Waals surface area (Å²) in [5, 5.41) is 14.3. The summed E-state index contributed by atoms with van der Waals surface area (Å²) in [6.45, 7) is 3.86. The molecule has 0 radical (unpaired) electrons. The highest BCUT2D eigenvalue weighted by Crippen LogP contribution is 2.48. The first-order valence-electron chi connectivity index (χ1n) is 7.20. The Labute approximate surface area is 120 Å². The zero-order valence-corrected chi connectivity index (χ0v) is 12.4. The minimum absolute atomic E-state index is 0.143. The highest BCUT2D eigenvalue weighted by Gasteiger charge is 2.42. The molecule has 3 N–H and O–H groups in total. The summed E-state index contributed by atoms with van der Waals surface area (Å²) in [5.74, 6) is -0.629. The number of carboxylic acids is 1. The number of carbonyl (C=O) groups is 2. The van der Waals surface area contributed by atoms with Gasteiger partial charge in [-0.25, -0.2) is 4.79 Å². The van der Waals surface area contributed by atoms with Crippen molar-refractivity contribution in [3.63, 3.8) is 0 Å². The van der Waals surface area contributed by atoms with Crippen LogP contribution in [0.1, 0.15) is 39.0 Å². The molecule has 6 nitrogen and oxygen atoms in total. The lowest BCUT2D eigenvalue weighted by atomic mass is 10.0. The molecule has 0 aromatic carbocycles. The van der Waals surface area contributed by atoms with Crippen LogP contribution in [-0.2, 0) is 9.53 Å². The predicted octanol–water partition coefficient (Wildman–Crippen LogP) is 1.60. The number of methoxy groups -OCH3 is 1. The SMILES string of the molecule is COCCC1(CNC(=O)NCC(C)CCC(=O)O)CC1. The third-order valence-electron chi connectivity index (χ3n) is 3.88. The van der Waals surface area contributed by atoms with Gasteiger partial charge in [0, 0.05) is 33.2 Å². The second kappa shape index (κ2) is 8.09. The lowest BCUT2D eigenvalue weighted by molar-refractivity contribution is -0.137. The summed E-state index contributed by atoms with van der Waals surface area (Å²) in [6.07, 6.45) is 3.99. The molecular formula is C14H26N2O4. The van der Waals surface area contributed by atoms with Crippen LogP contribution in [0.4, 0.5) is 4.79 Å². The maximum Gasteiger partial charge on any atom is 0.314 e. The summed E-state index contributed by atoms with van der Waals surface area (Å²) in [6, 6.07) is -0.170. The molecule has 1 aliphatic carbocycles. The maximum absolute atomic E-state index is 11.7. The Morgan fingerprint density at radius 2 is 2.05 bits per heavy atom. The van der Waals surface area contributed by atoms with Crippen LogP contribution in [0.25, 0.3) is 0 Å². The van der Waals surface area contributed by atoms with Crippen LogP contribution >= 0.6 is 0 Å². The van der Waals surface area contributed by atoms with Crippen LogP contribution in [0.3, 0.4) is 0 Å². The van der Waals surface area contributed by atoms with Crippen LogP contribution in [0.2, 0.25) is 0 Å².